The van der Waals surface area contributed by atoms with Crippen LogP contribution in [0.5, 0.6) is 0 Å². The number of hydrogen-bond donors (Lipinski definition) is 1. The summed E-state index contributed by atoms with van der Waals surface area (Å²) in [6.45, 7) is 0. The van der Waals surface area contributed by atoms with Gasteiger partial charge in [-0.15, -0.1) is 0 Å². The van der Waals surface area contributed by atoms with E-state index in [1.54, 1.807) is 28.9 Å². The van der Waals surface area contributed by atoms with Crippen molar-refractivity contribution >= 4 is 24.0 Å². The van der Waals surface area contributed by atoms with Gasteiger partial charge in [0.05, 0.1) is 5.69 Å². The monoisotopic (exact) mass is 189 g/mol. The molecule has 0 aliphatic rings. The van der Waals surface area contributed by atoms with E-state index >= 15 is 0 Å². The lowest BCUT2D eigenvalue weighted by Crippen LogP contribution is -1.95. The maximum absolute atomic E-state index is 10.4. The highest BCUT2D eigenvalue weighted by Crippen LogP contribution is 2.10. The van der Waals surface area contributed by atoms with E-state index in [0.717, 1.165) is 0 Å². The van der Waals surface area contributed by atoms with E-state index in [0.29, 0.717) is 29.7 Å². The fraction of sp³-hybridized carbons (Fsp3) is 0. The van der Waals surface area contributed by atoms with Crippen molar-refractivity contribution in [3.8, 4) is 0 Å². The smallest absolute Gasteiger partial charge is 0.211 e. The summed E-state index contributed by atoms with van der Waals surface area (Å²) in [4.78, 5) is 24.6. The minimum atomic E-state index is 0.369. The minimum absolute atomic E-state index is 0.369. The molecule has 0 aliphatic heterocycles. The van der Waals surface area contributed by atoms with Gasteiger partial charge >= 0.3 is 0 Å². The normalized spacial score (nSPS) is 10.0. The average Bonchev–Trinajstić information content (AvgIpc) is 2.60. The Morgan fingerprint density at radius 2 is 2.14 bits per heavy atom. The summed E-state index contributed by atoms with van der Waals surface area (Å²) >= 11 is 0. The van der Waals surface area contributed by atoms with E-state index in [2.05, 4.69) is 10.3 Å². The number of carbonyl (C=O) groups excluding carboxylic acids is 2. The molecule has 1 amide bonds. The largest absolute Gasteiger partial charge is 0.327 e. The summed E-state index contributed by atoms with van der Waals surface area (Å²) in [6, 6.07) is 3.43. The number of aldehydes is 1. The van der Waals surface area contributed by atoms with Gasteiger partial charge in [-0.2, -0.15) is 0 Å². The summed E-state index contributed by atoms with van der Waals surface area (Å²) in [6.07, 6.45) is 4.56. The van der Waals surface area contributed by atoms with Crippen LogP contribution in [0.15, 0.2) is 24.5 Å². The molecule has 0 bridgehead atoms. The number of fused-ring (bicyclic) bond motifs is 1. The number of amides is 1. The lowest BCUT2D eigenvalue weighted by molar-refractivity contribution is -0.105. The van der Waals surface area contributed by atoms with Crippen LogP contribution in [0.25, 0.3) is 5.65 Å². The molecule has 0 radical (unpaired) electrons. The number of nitrogens with one attached hydrogen (secondary N) is 1. The van der Waals surface area contributed by atoms with Gasteiger partial charge < -0.3 is 9.72 Å². The van der Waals surface area contributed by atoms with Gasteiger partial charge in [-0.05, 0) is 12.1 Å². The third-order valence-electron chi connectivity index (χ3n) is 1.82. The van der Waals surface area contributed by atoms with Gasteiger partial charge in [0, 0.05) is 12.4 Å². The molecule has 70 valence electrons. The Kier molecular flexibility index (Phi) is 1.98. The zero-order valence-electron chi connectivity index (χ0n) is 7.18. The lowest BCUT2D eigenvalue weighted by Gasteiger charge is -1.98. The molecular formula is C9H7N3O2. The fourth-order valence-electron chi connectivity index (χ4n) is 1.22. The molecule has 0 spiro atoms. The molecule has 5 heteroatoms. The Bertz CT molecular complexity index is 490. The van der Waals surface area contributed by atoms with Crippen LogP contribution in [-0.2, 0) is 4.79 Å². The molecule has 0 saturated carbocycles. The standard InChI is InChI=1S/C9H7N3O2/c13-5-8-4-12-3-7(10-6-14)1-2-9(12)11-8/h1-6H,(H,10,14). The summed E-state index contributed by atoms with van der Waals surface area (Å²) in [5.74, 6) is 0. The molecule has 0 unspecified atom stereocenters. The fourth-order valence-corrected chi connectivity index (χ4v) is 1.22. The summed E-state index contributed by atoms with van der Waals surface area (Å²) in [5.41, 5.74) is 1.69. The Hall–Kier alpha value is -2.17. The van der Waals surface area contributed by atoms with Crippen LogP contribution in [0.4, 0.5) is 5.69 Å². The average molecular weight is 189 g/mol. The quantitative estimate of drug-likeness (QED) is 0.723. The van der Waals surface area contributed by atoms with Crippen molar-refractivity contribution in [1.29, 1.82) is 0 Å². The molecule has 0 aromatic carbocycles. The van der Waals surface area contributed by atoms with Crippen LogP contribution in [0.1, 0.15) is 10.5 Å². The molecule has 2 aromatic rings. The molecule has 0 atom stereocenters. The Morgan fingerprint density at radius 3 is 2.86 bits per heavy atom. The number of carbonyl (C=O) groups is 2. The van der Waals surface area contributed by atoms with Crippen LogP contribution < -0.4 is 5.32 Å². The second-order valence-electron chi connectivity index (χ2n) is 2.73. The van der Waals surface area contributed by atoms with Gasteiger partial charge in [0.1, 0.15) is 11.3 Å². The third-order valence-corrected chi connectivity index (χ3v) is 1.82. The van der Waals surface area contributed by atoms with Crippen LogP contribution in [-0.4, -0.2) is 22.1 Å². The number of anilines is 1. The van der Waals surface area contributed by atoms with Crippen molar-refractivity contribution < 1.29 is 9.59 Å². The summed E-state index contributed by atoms with van der Waals surface area (Å²) in [5, 5.41) is 2.51. The molecule has 14 heavy (non-hydrogen) atoms. The van der Waals surface area contributed by atoms with E-state index in [1.165, 1.54) is 0 Å². The van der Waals surface area contributed by atoms with Crippen LogP contribution in [0.2, 0.25) is 0 Å². The van der Waals surface area contributed by atoms with E-state index < -0.39 is 0 Å². The van der Waals surface area contributed by atoms with Gasteiger partial charge in [0.25, 0.3) is 0 Å². The molecule has 2 rings (SSSR count). The summed E-state index contributed by atoms with van der Waals surface area (Å²) < 4.78 is 1.68. The van der Waals surface area contributed by atoms with Gasteiger partial charge in [-0.3, -0.25) is 9.59 Å². The van der Waals surface area contributed by atoms with E-state index in [1.807, 2.05) is 0 Å². The molecule has 0 aliphatic carbocycles. The maximum Gasteiger partial charge on any atom is 0.211 e. The highest BCUT2D eigenvalue weighted by atomic mass is 16.1. The third kappa shape index (κ3) is 1.35. The van der Waals surface area contributed by atoms with Crippen molar-refractivity contribution in [2.24, 2.45) is 0 Å². The van der Waals surface area contributed by atoms with E-state index in [-0.39, 0.29) is 0 Å². The molecule has 0 fully saturated rings. The van der Waals surface area contributed by atoms with Crippen LogP contribution in [0.3, 0.4) is 0 Å². The first kappa shape index (κ1) is 8.43. The predicted octanol–water partition coefficient (Wildman–Crippen LogP) is 0.715. The van der Waals surface area contributed by atoms with Gasteiger partial charge in [0.2, 0.25) is 6.41 Å². The first-order valence-corrected chi connectivity index (χ1v) is 3.97. The predicted molar refractivity (Wildman–Crippen MR) is 50.3 cm³/mol. The Balaban J connectivity index is 2.53. The number of pyridine rings is 1. The van der Waals surface area contributed by atoms with Crippen molar-refractivity contribution in [2.45, 2.75) is 0 Å². The van der Waals surface area contributed by atoms with Crippen LogP contribution in [0, 0.1) is 0 Å². The van der Waals surface area contributed by atoms with Gasteiger partial charge in [-0.25, -0.2) is 4.98 Å². The molecule has 5 nitrogen and oxygen atoms in total. The van der Waals surface area contributed by atoms with Gasteiger partial charge in [0.15, 0.2) is 6.29 Å². The van der Waals surface area contributed by atoms with Crippen LogP contribution >= 0.6 is 0 Å². The number of aromatic nitrogens is 2. The molecule has 0 saturated heterocycles. The Morgan fingerprint density at radius 1 is 1.29 bits per heavy atom. The maximum atomic E-state index is 10.4. The lowest BCUT2D eigenvalue weighted by atomic mass is 10.4. The highest BCUT2D eigenvalue weighted by Gasteiger charge is 2.00. The zero-order chi connectivity index (χ0) is 9.97. The minimum Gasteiger partial charge on any atom is -0.327 e. The zero-order valence-corrected chi connectivity index (χ0v) is 7.18. The number of nitrogens with zero attached hydrogens (tertiary/aromatic N) is 2. The number of hydrogen-bond acceptors (Lipinski definition) is 3. The summed E-state index contributed by atoms with van der Waals surface area (Å²) in [7, 11) is 0. The number of rotatable bonds is 3. The van der Waals surface area contributed by atoms with Crippen molar-refractivity contribution in [3.05, 3.63) is 30.2 Å². The van der Waals surface area contributed by atoms with Crippen molar-refractivity contribution in [1.82, 2.24) is 9.38 Å². The first-order valence-electron chi connectivity index (χ1n) is 3.97. The van der Waals surface area contributed by atoms with Crippen molar-refractivity contribution in [2.75, 3.05) is 5.32 Å². The molecular weight excluding hydrogens is 182 g/mol. The van der Waals surface area contributed by atoms with Gasteiger partial charge in [-0.1, -0.05) is 0 Å². The molecule has 2 aromatic heterocycles. The SMILES string of the molecule is O=CNc1ccc2nc(C=O)cn2c1. The highest BCUT2D eigenvalue weighted by molar-refractivity contribution is 5.74. The molecule has 2 heterocycles. The molecule has 1 N–H and O–H groups in total. The second kappa shape index (κ2) is 3.29. The topological polar surface area (TPSA) is 63.5 Å². The Labute approximate surface area is 79.4 Å². The van der Waals surface area contributed by atoms with E-state index in [4.69, 9.17) is 0 Å². The van der Waals surface area contributed by atoms with Crippen molar-refractivity contribution in [3.63, 3.8) is 0 Å². The second-order valence-corrected chi connectivity index (χ2v) is 2.73. The number of imidazole rings is 1. The van der Waals surface area contributed by atoms with E-state index in [9.17, 15) is 9.59 Å². The first-order chi connectivity index (χ1) is 6.83.